The molecule has 0 fully saturated rings. The highest BCUT2D eigenvalue weighted by Crippen LogP contribution is 2.37. The lowest BCUT2D eigenvalue weighted by molar-refractivity contribution is -0.123. The van der Waals surface area contributed by atoms with Crippen LogP contribution < -0.4 is 20.1 Å². The molecule has 0 bridgehead atoms. The molecule has 6 heteroatoms. The van der Waals surface area contributed by atoms with E-state index in [1.807, 2.05) is 20.8 Å². The summed E-state index contributed by atoms with van der Waals surface area (Å²) < 4.78 is 10.8. The van der Waals surface area contributed by atoms with Crippen molar-refractivity contribution >= 4 is 17.5 Å². The lowest BCUT2D eigenvalue weighted by Gasteiger charge is -2.21. The van der Waals surface area contributed by atoms with Crippen LogP contribution in [-0.2, 0) is 4.79 Å². The molecular weight excluding hydrogens is 356 g/mol. The van der Waals surface area contributed by atoms with Crippen LogP contribution in [0.15, 0.2) is 23.8 Å². The number of carbonyl (C=O) groups is 2. The third-order valence-electron chi connectivity index (χ3n) is 4.79. The number of rotatable bonds is 7. The lowest BCUT2D eigenvalue weighted by Crippen LogP contribution is -2.28. The molecule has 0 radical (unpaired) electrons. The van der Waals surface area contributed by atoms with Crippen molar-refractivity contribution in [1.82, 2.24) is 5.32 Å². The maximum absolute atomic E-state index is 12.6. The van der Waals surface area contributed by atoms with Crippen LogP contribution in [0.25, 0.3) is 0 Å². The molecule has 1 aliphatic carbocycles. The predicted molar refractivity (Wildman–Crippen MR) is 111 cm³/mol. The van der Waals surface area contributed by atoms with Crippen LogP contribution in [0.1, 0.15) is 63.2 Å². The van der Waals surface area contributed by atoms with Gasteiger partial charge in [-0.15, -0.1) is 0 Å². The fourth-order valence-corrected chi connectivity index (χ4v) is 3.07. The molecule has 0 spiro atoms. The number of carbonyl (C=O) groups excluding carboxylic acids is 2. The number of amides is 2. The number of benzene rings is 1. The first-order valence-electron chi connectivity index (χ1n) is 9.80. The van der Waals surface area contributed by atoms with Gasteiger partial charge in [0, 0.05) is 17.5 Å². The van der Waals surface area contributed by atoms with Gasteiger partial charge in [-0.25, -0.2) is 0 Å². The zero-order chi connectivity index (χ0) is 20.7. The van der Waals surface area contributed by atoms with E-state index in [2.05, 4.69) is 16.7 Å². The zero-order valence-electron chi connectivity index (χ0n) is 17.6. The van der Waals surface area contributed by atoms with Crippen molar-refractivity contribution in [3.05, 3.63) is 29.3 Å². The van der Waals surface area contributed by atoms with Gasteiger partial charge in [0.25, 0.3) is 5.91 Å². The van der Waals surface area contributed by atoms with E-state index in [0.29, 0.717) is 29.3 Å². The summed E-state index contributed by atoms with van der Waals surface area (Å²) in [5, 5.41) is 5.80. The Morgan fingerprint density at radius 1 is 1.11 bits per heavy atom. The SMILES string of the molecule is COc1cc(C(=O)NCCC2=CCCCC2)cc(NC(=O)C(C)(C)C)c1OC. The maximum atomic E-state index is 12.6. The molecule has 1 aromatic carbocycles. The quantitative estimate of drug-likeness (QED) is 0.683. The average Bonchev–Trinajstić information content (AvgIpc) is 2.67. The number of allylic oxidation sites excluding steroid dienone is 1. The summed E-state index contributed by atoms with van der Waals surface area (Å²) >= 11 is 0. The van der Waals surface area contributed by atoms with Gasteiger partial charge >= 0.3 is 0 Å². The van der Waals surface area contributed by atoms with Crippen LogP contribution in [0, 0.1) is 5.41 Å². The maximum Gasteiger partial charge on any atom is 0.251 e. The minimum absolute atomic E-state index is 0.172. The second-order valence-corrected chi connectivity index (χ2v) is 8.08. The van der Waals surface area contributed by atoms with Crippen molar-refractivity contribution in [2.75, 3.05) is 26.1 Å². The Morgan fingerprint density at radius 2 is 1.86 bits per heavy atom. The van der Waals surface area contributed by atoms with Crippen LogP contribution in [-0.4, -0.2) is 32.6 Å². The fraction of sp³-hybridized carbons (Fsp3) is 0.545. The molecule has 2 N–H and O–H groups in total. The summed E-state index contributed by atoms with van der Waals surface area (Å²) in [5.74, 6) is 0.414. The van der Waals surface area contributed by atoms with Gasteiger partial charge in [-0.3, -0.25) is 9.59 Å². The highest BCUT2D eigenvalue weighted by molar-refractivity contribution is 6.00. The van der Waals surface area contributed by atoms with Crippen molar-refractivity contribution in [3.8, 4) is 11.5 Å². The summed E-state index contributed by atoms with van der Waals surface area (Å²) in [6.45, 7) is 6.05. The van der Waals surface area contributed by atoms with E-state index >= 15 is 0 Å². The van der Waals surface area contributed by atoms with Crippen LogP contribution in [0.2, 0.25) is 0 Å². The summed E-state index contributed by atoms with van der Waals surface area (Å²) in [5.41, 5.74) is 1.67. The van der Waals surface area contributed by atoms with Crippen LogP contribution in [0.3, 0.4) is 0 Å². The molecule has 0 aliphatic heterocycles. The highest BCUT2D eigenvalue weighted by Gasteiger charge is 2.24. The van der Waals surface area contributed by atoms with Gasteiger partial charge in [0.1, 0.15) is 0 Å². The molecule has 0 aromatic heterocycles. The Labute approximate surface area is 167 Å². The van der Waals surface area contributed by atoms with Gasteiger partial charge < -0.3 is 20.1 Å². The van der Waals surface area contributed by atoms with E-state index in [-0.39, 0.29) is 11.8 Å². The van der Waals surface area contributed by atoms with Crippen molar-refractivity contribution < 1.29 is 19.1 Å². The topological polar surface area (TPSA) is 76.7 Å². The number of ether oxygens (including phenoxy) is 2. The van der Waals surface area contributed by atoms with Crippen LogP contribution in [0.5, 0.6) is 11.5 Å². The van der Waals surface area contributed by atoms with E-state index < -0.39 is 5.41 Å². The molecule has 0 atom stereocenters. The molecular formula is C22H32N2O4. The second-order valence-electron chi connectivity index (χ2n) is 8.08. The van der Waals surface area contributed by atoms with E-state index in [1.54, 1.807) is 12.1 Å². The molecule has 2 rings (SSSR count). The fourth-order valence-electron chi connectivity index (χ4n) is 3.07. The van der Waals surface area contributed by atoms with Crippen molar-refractivity contribution in [3.63, 3.8) is 0 Å². The van der Waals surface area contributed by atoms with E-state index in [0.717, 1.165) is 19.3 Å². The molecule has 1 aromatic rings. The minimum atomic E-state index is -0.579. The third-order valence-corrected chi connectivity index (χ3v) is 4.79. The van der Waals surface area contributed by atoms with Gasteiger partial charge in [-0.1, -0.05) is 32.4 Å². The predicted octanol–water partition coefficient (Wildman–Crippen LogP) is 4.31. The molecule has 154 valence electrons. The van der Waals surface area contributed by atoms with Gasteiger partial charge in [0.05, 0.1) is 19.9 Å². The average molecular weight is 389 g/mol. The molecule has 2 amide bonds. The van der Waals surface area contributed by atoms with E-state index in [4.69, 9.17) is 9.47 Å². The minimum Gasteiger partial charge on any atom is -0.493 e. The number of nitrogens with one attached hydrogen (secondary N) is 2. The lowest BCUT2D eigenvalue weighted by atomic mass is 9.95. The van der Waals surface area contributed by atoms with Gasteiger partial charge in [0.15, 0.2) is 11.5 Å². The first-order chi connectivity index (χ1) is 13.3. The van der Waals surface area contributed by atoms with E-state index in [9.17, 15) is 9.59 Å². The summed E-state index contributed by atoms with van der Waals surface area (Å²) in [6.07, 6.45) is 7.89. The Balaban J connectivity index is 2.16. The summed E-state index contributed by atoms with van der Waals surface area (Å²) in [4.78, 5) is 25.1. The molecule has 28 heavy (non-hydrogen) atoms. The third kappa shape index (κ3) is 5.75. The molecule has 0 heterocycles. The summed E-state index contributed by atoms with van der Waals surface area (Å²) in [7, 11) is 3.01. The number of anilines is 1. The van der Waals surface area contributed by atoms with Crippen LogP contribution >= 0.6 is 0 Å². The molecule has 6 nitrogen and oxygen atoms in total. The van der Waals surface area contributed by atoms with Gasteiger partial charge in [0.2, 0.25) is 5.91 Å². The largest absolute Gasteiger partial charge is 0.493 e. The second kappa shape index (κ2) is 9.62. The number of hydrogen-bond donors (Lipinski definition) is 2. The first-order valence-corrected chi connectivity index (χ1v) is 9.80. The van der Waals surface area contributed by atoms with E-state index in [1.165, 1.54) is 32.6 Å². The smallest absolute Gasteiger partial charge is 0.251 e. The Kier molecular flexibility index (Phi) is 7.49. The molecule has 1 aliphatic rings. The standard InChI is InChI=1S/C22H32N2O4/c1-22(2,3)21(26)24-17-13-16(14-18(27-4)19(17)28-5)20(25)23-12-11-15-9-7-6-8-10-15/h9,13-14H,6-8,10-12H2,1-5H3,(H,23,25)(H,24,26). The first kappa shape index (κ1) is 21.8. The molecule has 0 unspecified atom stereocenters. The normalized spacial score (nSPS) is 14.1. The van der Waals surface area contributed by atoms with Crippen LogP contribution in [0.4, 0.5) is 5.69 Å². The Bertz CT molecular complexity index is 748. The van der Waals surface area contributed by atoms with Gasteiger partial charge in [-0.2, -0.15) is 0 Å². The Hall–Kier alpha value is -2.50. The Morgan fingerprint density at radius 3 is 2.43 bits per heavy atom. The van der Waals surface area contributed by atoms with Crippen molar-refractivity contribution in [1.29, 1.82) is 0 Å². The monoisotopic (exact) mass is 388 g/mol. The van der Waals surface area contributed by atoms with Crippen molar-refractivity contribution in [2.24, 2.45) is 5.41 Å². The molecule has 0 saturated heterocycles. The molecule has 0 saturated carbocycles. The number of methoxy groups -OCH3 is 2. The zero-order valence-corrected chi connectivity index (χ0v) is 17.6. The van der Waals surface area contributed by atoms with Crippen molar-refractivity contribution in [2.45, 2.75) is 52.9 Å². The van der Waals surface area contributed by atoms with Gasteiger partial charge in [-0.05, 0) is 44.2 Å². The highest BCUT2D eigenvalue weighted by atomic mass is 16.5. The summed E-state index contributed by atoms with van der Waals surface area (Å²) in [6, 6.07) is 3.25. The number of hydrogen-bond acceptors (Lipinski definition) is 4.